The van der Waals surface area contributed by atoms with Crippen molar-refractivity contribution in [3.8, 4) is 11.8 Å². The zero-order valence-electron chi connectivity index (χ0n) is 16.9. The number of aromatic nitrogens is 1. The van der Waals surface area contributed by atoms with Crippen LogP contribution in [0.3, 0.4) is 0 Å². The number of rotatable bonds is 4. The third-order valence-corrected chi connectivity index (χ3v) is 6.06. The highest BCUT2D eigenvalue weighted by atomic mass is 16.6. The van der Waals surface area contributed by atoms with Crippen LogP contribution in [-0.4, -0.2) is 66.8 Å². The fourth-order valence-corrected chi connectivity index (χ4v) is 4.37. The number of methoxy groups -OCH3 is 1. The second-order valence-electron chi connectivity index (χ2n) is 7.58. The van der Waals surface area contributed by atoms with Crippen LogP contribution < -0.4 is 4.74 Å². The van der Waals surface area contributed by atoms with E-state index in [0.29, 0.717) is 24.9 Å². The van der Waals surface area contributed by atoms with Gasteiger partial charge >= 0.3 is 6.09 Å². The Morgan fingerprint density at radius 1 is 1.29 bits per heavy atom. The van der Waals surface area contributed by atoms with E-state index < -0.39 is 5.41 Å². The normalized spacial score (nSPS) is 26.2. The molecule has 28 heavy (non-hydrogen) atoms. The fourth-order valence-electron chi connectivity index (χ4n) is 4.37. The van der Waals surface area contributed by atoms with Crippen LogP contribution in [0.2, 0.25) is 0 Å². The van der Waals surface area contributed by atoms with Crippen molar-refractivity contribution in [3.05, 3.63) is 24.0 Å². The highest BCUT2D eigenvalue weighted by Gasteiger charge is 2.40. The Hall–Kier alpha value is -2.33. The third kappa shape index (κ3) is 4.39. The number of hydrogen-bond acceptors (Lipinski definition) is 6. The number of pyridine rings is 1. The van der Waals surface area contributed by atoms with E-state index >= 15 is 0 Å². The van der Waals surface area contributed by atoms with Gasteiger partial charge in [0.2, 0.25) is 0 Å². The van der Waals surface area contributed by atoms with Crippen LogP contribution in [-0.2, 0) is 10.2 Å². The Kier molecular flexibility index (Phi) is 6.74. The Bertz CT molecular complexity index is 693. The predicted molar refractivity (Wildman–Crippen MR) is 105 cm³/mol. The van der Waals surface area contributed by atoms with Gasteiger partial charge in [-0.15, -0.1) is 0 Å². The number of ether oxygens (including phenoxy) is 2. The molecule has 0 aromatic carbocycles. The monoisotopic (exact) mass is 386 g/mol. The van der Waals surface area contributed by atoms with Crippen LogP contribution in [0.4, 0.5) is 4.79 Å². The van der Waals surface area contributed by atoms with Gasteiger partial charge in [0.05, 0.1) is 37.1 Å². The molecule has 1 aliphatic carbocycles. The van der Waals surface area contributed by atoms with Crippen molar-refractivity contribution in [1.29, 1.82) is 5.26 Å². The number of carbonyl (C=O) groups excluding carboxylic acids is 1. The molecule has 1 saturated carbocycles. The van der Waals surface area contributed by atoms with Gasteiger partial charge in [-0.05, 0) is 51.2 Å². The average Bonchev–Trinajstić information content (AvgIpc) is 3.00. The van der Waals surface area contributed by atoms with E-state index in [0.717, 1.165) is 57.4 Å². The maximum absolute atomic E-state index is 12.0. The summed E-state index contributed by atoms with van der Waals surface area (Å²) in [4.78, 5) is 20.8. The molecule has 7 nitrogen and oxygen atoms in total. The van der Waals surface area contributed by atoms with Crippen molar-refractivity contribution < 1.29 is 14.3 Å². The van der Waals surface area contributed by atoms with E-state index in [-0.39, 0.29) is 6.09 Å². The van der Waals surface area contributed by atoms with E-state index in [1.807, 2.05) is 24.0 Å². The summed E-state index contributed by atoms with van der Waals surface area (Å²) >= 11 is 0. The van der Waals surface area contributed by atoms with E-state index in [9.17, 15) is 10.1 Å². The Labute approximate surface area is 167 Å². The Balaban J connectivity index is 1.59. The van der Waals surface area contributed by atoms with Gasteiger partial charge in [-0.2, -0.15) is 5.26 Å². The molecule has 1 aromatic rings. The van der Waals surface area contributed by atoms with Crippen LogP contribution in [0.1, 0.15) is 44.7 Å². The number of nitriles is 1. The number of nitrogens with zero attached hydrogens (tertiary/aromatic N) is 4. The highest BCUT2D eigenvalue weighted by Crippen LogP contribution is 2.40. The lowest BCUT2D eigenvalue weighted by molar-refractivity contribution is 0.104. The first-order valence-corrected chi connectivity index (χ1v) is 10.2. The summed E-state index contributed by atoms with van der Waals surface area (Å²) in [6, 6.07) is 6.82. The van der Waals surface area contributed by atoms with E-state index in [2.05, 4.69) is 16.0 Å². The van der Waals surface area contributed by atoms with Crippen molar-refractivity contribution in [2.45, 2.75) is 50.5 Å². The van der Waals surface area contributed by atoms with Crippen LogP contribution in [0.5, 0.6) is 5.75 Å². The van der Waals surface area contributed by atoms with Crippen LogP contribution in [0.25, 0.3) is 0 Å². The minimum atomic E-state index is -0.508. The van der Waals surface area contributed by atoms with Crippen LogP contribution in [0.15, 0.2) is 18.3 Å². The number of amides is 1. The summed E-state index contributed by atoms with van der Waals surface area (Å²) in [5.41, 5.74) is 0.338. The van der Waals surface area contributed by atoms with Gasteiger partial charge in [0.1, 0.15) is 5.75 Å². The lowest BCUT2D eigenvalue weighted by Crippen LogP contribution is -2.44. The first kappa shape index (κ1) is 20.4. The molecule has 3 rings (SSSR count). The number of carbonyl (C=O) groups is 1. The SMILES string of the molecule is CCOC(=O)N1CCCN(C2CCC(C#N)(c3ccc(OC)cn3)CC2)CC1. The lowest BCUT2D eigenvalue weighted by Gasteiger charge is -2.39. The molecule has 2 fully saturated rings. The highest BCUT2D eigenvalue weighted by molar-refractivity contribution is 5.67. The summed E-state index contributed by atoms with van der Waals surface area (Å²) in [6.45, 7) is 5.56. The largest absolute Gasteiger partial charge is 0.495 e. The minimum Gasteiger partial charge on any atom is -0.495 e. The average molecular weight is 386 g/mol. The summed E-state index contributed by atoms with van der Waals surface area (Å²) < 4.78 is 10.3. The second kappa shape index (κ2) is 9.24. The van der Waals surface area contributed by atoms with Gasteiger partial charge in [-0.1, -0.05) is 0 Å². The molecule has 2 heterocycles. The molecule has 152 valence electrons. The molecule has 0 unspecified atom stereocenters. The molecule has 7 heteroatoms. The maximum atomic E-state index is 12.0. The molecule has 1 aliphatic heterocycles. The van der Waals surface area contributed by atoms with Crippen LogP contribution in [0, 0.1) is 11.3 Å². The summed E-state index contributed by atoms with van der Waals surface area (Å²) in [7, 11) is 1.62. The molecule has 1 amide bonds. The zero-order chi connectivity index (χ0) is 20.0. The minimum absolute atomic E-state index is 0.206. The molecular weight excluding hydrogens is 356 g/mol. The maximum Gasteiger partial charge on any atom is 0.409 e. The summed E-state index contributed by atoms with van der Waals surface area (Å²) in [5, 5.41) is 9.92. The fraction of sp³-hybridized carbons (Fsp3) is 0.667. The van der Waals surface area contributed by atoms with E-state index in [4.69, 9.17) is 9.47 Å². The van der Waals surface area contributed by atoms with Crippen molar-refractivity contribution in [2.24, 2.45) is 0 Å². The molecule has 0 N–H and O–H groups in total. The molecular formula is C21H30N4O3. The van der Waals surface area contributed by atoms with Gasteiger partial charge in [0.25, 0.3) is 0 Å². The smallest absolute Gasteiger partial charge is 0.409 e. The number of hydrogen-bond donors (Lipinski definition) is 0. The molecule has 1 aromatic heterocycles. The van der Waals surface area contributed by atoms with Crippen LogP contribution >= 0.6 is 0 Å². The Morgan fingerprint density at radius 2 is 2.07 bits per heavy atom. The molecule has 1 saturated heterocycles. The standard InChI is InChI=1S/C21H30N4O3/c1-3-28-20(26)25-12-4-11-24(13-14-25)17-7-9-21(16-22,10-8-17)19-6-5-18(27-2)15-23-19/h5-6,15,17H,3-4,7-14H2,1-2H3. The zero-order valence-corrected chi connectivity index (χ0v) is 16.9. The van der Waals surface area contributed by atoms with E-state index in [1.165, 1.54) is 0 Å². The van der Waals surface area contributed by atoms with Gasteiger partial charge in [-0.25, -0.2) is 4.79 Å². The first-order chi connectivity index (χ1) is 13.6. The second-order valence-corrected chi connectivity index (χ2v) is 7.58. The van der Waals surface area contributed by atoms with Gasteiger partial charge < -0.3 is 14.4 Å². The molecule has 0 radical (unpaired) electrons. The van der Waals surface area contributed by atoms with Gasteiger partial charge in [0, 0.05) is 32.2 Å². The Morgan fingerprint density at radius 3 is 2.68 bits per heavy atom. The molecule has 2 aliphatic rings. The predicted octanol–water partition coefficient (Wildman–Crippen LogP) is 2.96. The van der Waals surface area contributed by atoms with Crippen molar-refractivity contribution in [2.75, 3.05) is 39.9 Å². The molecule has 0 atom stereocenters. The van der Waals surface area contributed by atoms with Crippen molar-refractivity contribution in [1.82, 2.24) is 14.8 Å². The van der Waals surface area contributed by atoms with E-state index in [1.54, 1.807) is 13.3 Å². The quantitative estimate of drug-likeness (QED) is 0.792. The summed E-state index contributed by atoms with van der Waals surface area (Å²) in [5.74, 6) is 0.709. The first-order valence-electron chi connectivity index (χ1n) is 10.2. The van der Waals surface area contributed by atoms with Crippen molar-refractivity contribution in [3.63, 3.8) is 0 Å². The molecule has 0 bridgehead atoms. The van der Waals surface area contributed by atoms with Crippen molar-refractivity contribution >= 4 is 6.09 Å². The topological polar surface area (TPSA) is 78.7 Å². The summed E-state index contributed by atoms with van der Waals surface area (Å²) in [6.07, 6.45) is 6.01. The van der Waals surface area contributed by atoms with Gasteiger partial charge in [0.15, 0.2) is 0 Å². The van der Waals surface area contributed by atoms with Gasteiger partial charge in [-0.3, -0.25) is 9.88 Å². The lowest BCUT2D eigenvalue weighted by atomic mass is 9.71. The molecule has 0 spiro atoms. The third-order valence-electron chi connectivity index (χ3n) is 6.06.